The molecule has 0 atom stereocenters. The maximum absolute atomic E-state index is 13.1. The lowest BCUT2D eigenvalue weighted by atomic mass is 10.0. The van der Waals surface area contributed by atoms with Gasteiger partial charge in [0.2, 0.25) is 0 Å². The van der Waals surface area contributed by atoms with Gasteiger partial charge in [-0.05, 0) is 35.2 Å². The molecule has 0 aliphatic heterocycles. The first-order valence-electron chi connectivity index (χ1n) is 11.6. The molecule has 1 N–H and O–H groups in total. The van der Waals surface area contributed by atoms with Crippen LogP contribution in [0.25, 0.3) is 21.9 Å². The number of fused-ring (bicyclic) bond motifs is 1. The van der Waals surface area contributed by atoms with Crippen LogP contribution in [0.5, 0.6) is 0 Å². The molecule has 0 radical (unpaired) electrons. The van der Waals surface area contributed by atoms with Gasteiger partial charge in [-0.15, -0.1) is 0 Å². The minimum Gasteiger partial charge on any atom is -0.385 e. The van der Waals surface area contributed by atoms with Crippen LogP contribution in [-0.4, -0.2) is 54.0 Å². The van der Waals surface area contributed by atoms with E-state index in [1.807, 2.05) is 35.3 Å². The van der Waals surface area contributed by atoms with Crippen LogP contribution in [0.3, 0.4) is 0 Å². The van der Waals surface area contributed by atoms with Crippen LogP contribution in [0.2, 0.25) is 0 Å². The zero-order chi connectivity index (χ0) is 23.8. The van der Waals surface area contributed by atoms with Crippen molar-refractivity contribution < 1.29 is 14.3 Å². The van der Waals surface area contributed by atoms with Crippen LogP contribution in [0.1, 0.15) is 29.0 Å². The number of carbonyl (C=O) groups is 1. The summed E-state index contributed by atoms with van der Waals surface area (Å²) in [6.07, 6.45) is 7.44. The van der Waals surface area contributed by atoms with Crippen molar-refractivity contribution in [3.63, 3.8) is 0 Å². The van der Waals surface area contributed by atoms with Crippen molar-refractivity contribution in [1.29, 1.82) is 0 Å². The van der Waals surface area contributed by atoms with Crippen LogP contribution < -0.4 is 5.32 Å². The Morgan fingerprint density at radius 1 is 1.00 bits per heavy atom. The van der Waals surface area contributed by atoms with Gasteiger partial charge in [0.25, 0.3) is 5.91 Å². The van der Waals surface area contributed by atoms with Crippen LogP contribution in [0.4, 0.5) is 0 Å². The van der Waals surface area contributed by atoms with Gasteiger partial charge < -0.3 is 23.9 Å². The Labute approximate surface area is 200 Å². The molecular weight excluding hydrogens is 428 g/mol. The third-order valence-electron chi connectivity index (χ3n) is 5.92. The quantitative estimate of drug-likeness (QED) is 0.319. The summed E-state index contributed by atoms with van der Waals surface area (Å²) in [5.41, 5.74) is 3.80. The molecule has 34 heavy (non-hydrogen) atoms. The molecule has 2 aromatic carbocycles. The van der Waals surface area contributed by atoms with Crippen molar-refractivity contribution >= 4 is 16.7 Å². The number of hydrogen-bond acceptors (Lipinski definition) is 4. The van der Waals surface area contributed by atoms with Crippen LogP contribution in [0, 0.1) is 0 Å². The maximum atomic E-state index is 13.1. The van der Waals surface area contributed by atoms with E-state index in [4.69, 9.17) is 9.47 Å². The highest BCUT2D eigenvalue weighted by molar-refractivity contribution is 5.99. The van der Waals surface area contributed by atoms with E-state index in [2.05, 4.69) is 51.4 Å². The van der Waals surface area contributed by atoms with E-state index in [1.165, 1.54) is 10.8 Å². The van der Waals surface area contributed by atoms with E-state index in [0.29, 0.717) is 32.0 Å². The highest BCUT2D eigenvalue weighted by atomic mass is 16.5. The van der Waals surface area contributed by atoms with Gasteiger partial charge in [-0.2, -0.15) is 0 Å². The third kappa shape index (κ3) is 5.55. The summed E-state index contributed by atoms with van der Waals surface area (Å²) in [6, 6.07) is 16.6. The van der Waals surface area contributed by atoms with Gasteiger partial charge in [0.05, 0.1) is 18.6 Å². The lowest BCUT2D eigenvalue weighted by Crippen LogP contribution is -2.27. The molecule has 4 rings (SSSR count). The third-order valence-corrected chi connectivity index (χ3v) is 5.92. The molecule has 0 spiro atoms. The number of methoxy groups -OCH3 is 2. The van der Waals surface area contributed by atoms with Crippen molar-refractivity contribution in [2.45, 2.75) is 25.9 Å². The molecule has 4 aromatic rings. The van der Waals surface area contributed by atoms with Gasteiger partial charge in [-0.3, -0.25) is 4.79 Å². The number of nitrogens with zero attached hydrogens (tertiary/aromatic N) is 3. The number of aromatic nitrogens is 3. The number of carbonyl (C=O) groups excluding carboxylic acids is 1. The molecule has 7 nitrogen and oxygen atoms in total. The fourth-order valence-electron chi connectivity index (χ4n) is 4.20. The smallest absolute Gasteiger partial charge is 0.267 e. The number of nitrogens with one attached hydrogen (secondary N) is 1. The van der Waals surface area contributed by atoms with Crippen molar-refractivity contribution in [3.8, 4) is 11.1 Å². The van der Waals surface area contributed by atoms with Crippen molar-refractivity contribution in [1.82, 2.24) is 19.4 Å². The summed E-state index contributed by atoms with van der Waals surface area (Å²) in [4.78, 5) is 17.5. The first-order chi connectivity index (χ1) is 16.7. The molecule has 2 aromatic heterocycles. The fraction of sp³-hybridized carbons (Fsp3) is 0.333. The SMILES string of the molecule is COCCCNC(=O)c1cc(-c2cccc3ccccc23)cn1Cc1cncn1CCCOC. The standard InChI is InChI=1S/C27H32N4O3/c1-33-14-6-12-29-27(32)26-16-22(25-11-5-9-21-8-3-4-10-24(21)25)18-31(26)19-23-17-28-20-30(23)13-7-15-34-2/h3-5,8-11,16-18,20H,6-7,12-15,19H2,1-2H3,(H,29,32). The number of amides is 1. The lowest BCUT2D eigenvalue weighted by Gasteiger charge is -2.12. The second-order valence-corrected chi connectivity index (χ2v) is 8.30. The summed E-state index contributed by atoms with van der Waals surface area (Å²) in [5.74, 6) is -0.0898. The minimum atomic E-state index is -0.0898. The first-order valence-corrected chi connectivity index (χ1v) is 11.6. The summed E-state index contributed by atoms with van der Waals surface area (Å²) < 4.78 is 14.4. The topological polar surface area (TPSA) is 70.3 Å². The fourth-order valence-corrected chi connectivity index (χ4v) is 4.20. The molecule has 0 bridgehead atoms. The van der Waals surface area contributed by atoms with Crippen molar-refractivity contribution in [3.05, 3.63) is 78.6 Å². The summed E-state index contributed by atoms with van der Waals surface area (Å²) >= 11 is 0. The second kappa shape index (κ2) is 11.6. The molecule has 1 amide bonds. The number of imidazole rings is 1. The molecule has 2 heterocycles. The zero-order valence-electron chi connectivity index (χ0n) is 19.9. The Morgan fingerprint density at radius 3 is 2.65 bits per heavy atom. The molecule has 0 aliphatic rings. The lowest BCUT2D eigenvalue weighted by molar-refractivity contribution is 0.0939. The van der Waals surface area contributed by atoms with E-state index in [9.17, 15) is 4.79 Å². The molecule has 0 fully saturated rings. The van der Waals surface area contributed by atoms with E-state index < -0.39 is 0 Å². The Bertz CT molecular complexity index is 1220. The largest absolute Gasteiger partial charge is 0.385 e. The summed E-state index contributed by atoms with van der Waals surface area (Å²) in [5, 5.41) is 5.37. The van der Waals surface area contributed by atoms with Crippen LogP contribution in [0.15, 0.2) is 67.3 Å². The molecule has 178 valence electrons. The van der Waals surface area contributed by atoms with Gasteiger partial charge in [-0.25, -0.2) is 4.98 Å². The summed E-state index contributed by atoms with van der Waals surface area (Å²) in [6.45, 7) is 3.25. The van der Waals surface area contributed by atoms with E-state index in [-0.39, 0.29) is 5.91 Å². The highest BCUT2D eigenvalue weighted by Crippen LogP contribution is 2.30. The van der Waals surface area contributed by atoms with Gasteiger partial charge >= 0.3 is 0 Å². The number of ether oxygens (including phenoxy) is 2. The highest BCUT2D eigenvalue weighted by Gasteiger charge is 2.17. The first kappa shape index (κ1) is 23.7. The molecule has 0 saturated carbocycles. The minimum absolute atomic E-state index is 0.0898. The Hall–Kier alpha value is -3.42. The number of rotatable bonds is 12. The van der Waals surface area contributed by atoms with Crippen molar-refractivity contribution in [2.75, 3.05) is 34.0 Å². The maximum Gasteiger partial charge on any atom is 0.267 e. The van der Waals surface area contributed by atoms with E-state index >= 15 is 0 Å². The molecule has 0 saturated heterocycles. The monoisotopic (exact) mass is 460 g/mol. The van der Waals surface area contributed by atoms with Crippen LogP contribution >= 0.6 is 0 Å². The predicted octanol–water partition coefficient (Wildman–Crippen LogP) is 4.36. The van der Waals surface area contributed by atoms with Gasteiger partial charge in [-0.1, -0.05) is 42.5 Å². The molecule has 0 aliphatic carbocycles. The Morgan fingerprint density at radius 2 is 1.79 bits per heavy atom. The number of benzene rings is 2. The number of aryl methyl sites for hydroxylation is 1. The zero-order valence-corrected chi connectivity index (χ0v) is 19.9. The number of hydrogen-bond donors (Lipinski definition) is 1. The van der Waals surface area contributed by atoms with Crippen LogP contribution in [-0.2, 0) is 22.6 Å². The second-order valence-electron chi connectivity index (χ2n) is 8.30. The summed E-state index contributed by atoms with van der Waals surface area (Å²) in [7, 11) is 3.38. The van der Waals surface area contributed by atoms with Crippen molar-refractivity contribution in [2.24, 2.45) is 0 Å². The van der Waals surface area contributed by atoms with E-state index in [1.54, 1.807) is 14.2 Å². The van der Waals surface area contributed by atoms with E-state index in [0.717, 1.165) is 36.2 Å². The molecular formula is C27H32N4O3. The van der Waals surface area contributed by atoms with Gasteiger partial charge in [0, 0.05) is 58.5 Å². The van der Waals surface area contributed by atoms with Gasteiger partial charge in [0.1, 0.15) is 5.69 Å². The average molecular weight is 461 g/mol. The molecule has 7 heteroatoms. The average Bonchev–Trinajstić information content (AvgIpc) is 3.49. The Balaban J connectivity index is 1.66. The van der Waals surface area contributed by atoms with Gasteiger partial charge in [0.15, 0.2) is 0 Å². The normalized spacial score (nSPS) is 11.2. The Kier molecular flexibility index (Phi) is 8.12. The predicted molar refractivity (Wildman–Crippen MR) is 134 cm³/mol. The molecule has 0 unspecified atom stereocenters.